The molecule has 2 heterocycles. The Bertz CT molecular complexity index is 300. The van der Waals surface area contributed by atoms with Crippen molar-refractivity contribution in [1.29, 1.82) is 0 Å². The van der Waals surface area contributed by atoms with Crippen LogP contribution >= 0.6 is 0 Å². The first-order valence-electron chi connectivity index (χ1n) is 6.04. The molecular weight excluding hydrogens is 184 g/mol. The quantitative estimate of drug-likeness (QED) is 0.741. The Morgan fingerprint density at radius 1 is 1.47 bits per heavy atom. The molecule has 2 aliphatic rings. The van der Waals surface area contributed by atoms with Crippen molar-refractivity contribution in [2.24, 2.45) is 5.41 Å². The maximum Gasteiger partial charge on any atom is 0.0722 e. The van der Waals surface area contributed by atoms with Crippen LogP contribution in [0.4, 0.5) is 0 Å². The number of hydrogen-bond donors (Lipinski definition) is 2. The molecule has 0 saturated carbocycles. The van der Waals surface area contributed by atoms with Gasteiger partial charge in [0.2, 0.25) is 0 Å². The molecule has 1 saturated heterocycles. The summed E-state index contributed by atoms with van der Waals surface area (Å²) in [6.07, 6.45) is 8.29. The lowest BCUT2D eigenvalue weighted by atomic mass is 9.85. The fraction of sp³-hybridized carbons (Fsp3) is 0.692. The maximum absolute atomic E-state index is 3.54. The van der Waals surface area contributed by atoms with Gasteiger partial charge in [0.1, 0.15) is 0 Å². The van der Waals surface area contributed by atoms with Gasteiger partial charge in [-0.25, -0.2) is 0 Å². The van der Waals surface area contributed by atoms with Crippen LogP contribution in [0, 0.1) is 5.41 Å². The average molecular weight is 206 g/mol. The summed E-state index contributed by atoms with van der Waals surface area (Å²) in [5.41, 5.74) is 3.15. The van der Waals surface area contributed by atoms with Crippen molar-refractivity contribution < 1.29 is 0 Å². The molecule has 2 nitrogen and oxygen atoms in total. The summed E-state index contributed by atoms with van der Waals surface area (Å²) in [4.78, 5) is 0. The van der Waals surface area contributed by atoms with Crippen LogP contribution < -0.4 is 10.6 Å². The summed E-state index contributed by atoms with van der Waals surface area (Å²) < 4.78 is 0. The Labute approximate surface area is 92.8 Å². The molecule has 2 heteroatoms. The van der Waals surface area contributed by atoms with Crippen molar-refractivity contribution in [1.82, 2.24) is 10.6 Å². The Kier molecular flexibility index (Phi) is 2.76. The Morgan fingerprint density at radius 3 is 3.00 bits per heavy atom. The third-order valence-corrected chi connectivity index (χ3v) is 3.44. The second-order valence-corrected chi connectivity index (χ2v) is 5.36. The molecule has 1 fully saturated rings. The second kappa shape index (κ2) is 3.92. The van der Waals surface area contributed by atoms with E-state index in [1.54, 1.807) is 0 Å². The molecule has 0 radical (unpaired) electrons. The van der Waals surface area contributed by atoms with E-state index < -0.39 is 0 Å². The third-order valence-electron chi connectivity index (χ3n) is 3.44. The summed E-state index contributed by atoms with van der Waals surface area (Å²) in [5.74, 6) is 0. The van der Waals surface area contributed by atoms with Crippen molar-refractivity contribution in [3.63, 3.8) is 0 Å². The molecule has 0 aromatic carbocycles. The number of fused-ring (bicyclic) bond motifs is 1. The van der Waals surface area contributed by atoms with E-state index in [1.165, 1.54) is 30.5 Å². The van der Waals surface area contributed by atoms with Crippen molar-refractivity contribution in [3.05, 3.63) is 23.5 Å². The average Bonchev–Trinajstić information content (AvgIpc) is 2.52. The van der Waals surface area contributed by atoms with Crippen LogP contribution in [0.3, 0.4) is 0 Å². The van der Waals surface area contributed by atoms with Crippen molar-refractivity contribution in [3.8, 4) is 0 Å². The highest BCUT2D eigenvalue weighted by Gasteiger charge is 2.38. The standard InChI is InChI=1S/C13H22N2/c1-4-5-6-10-7-11-12(14-8-10)13(2,3)9-15-11/h7-8,12,14-15H,4-6,9H2,1-3H3. The van der Waals surface area contributed by atoms with E-state index in [4.69, 9.17) is 0 Å². The van der Waals surface area contributed by atoms with E-state index in [0.29, 0.717) is 11.5 Å². The van der Waals surface area contributed by atoms with Gasteiger partial charge in [-0.1, -0.05) is 27.2 Å². The lowest BCUT2D eigenvalue weighted by Crippen LogP contribution is -2.38. The Hall–Kier alpha value is -0.920. The minimum Gasteiger partial charge on any atom is -0.386 e. The molecule has 2 aliphatic heterocycles. The van der Waals surface area contributed by atoms with Crippen molar-refractivity contribution in [2.45, 2.75) is 46.1 Å². The molecule has 84 valence electrons. The summed E-state index contributed by atoms with van der Waals surface area (Å²) >= 11 is 0. The third kappa shape index (κ3) is 2.04. The zero-order valence-electron chi connectivity index (χ0n) is 10.1. The van der Waals surface area contributed by atoms with Crippen LogP contribution in [0.15, 0.2) is 23.5 Å². The van der Waals surface area contributed by atoms with E-state index in [1.807, 2.05) is 0 Å². The molecule has 0 amide bonds. The van der Waals surface area contributed by atoms with E-state index in [-0.39, 0.29) is 0 Å². The molecule has 0 aromatic heterocycles. The normalized spacial score (nSPS) is 27.3. The predicted octanol–water partition coefficient (Wildman–Crippen LogP) is 2.55. The van der Waals surface area contributed by atoms with Gasteiger partial charge in [0, 0.05) is 23.9 Å². The molecule has 15 heavy (non-hydrogen) atoms. The second-order valence-electron chi connectivity index (χ2n) is 5.36. The molecule has 1 atom stereocenters. The largest absolute Gasteiger partial charge is 0.386 e. The minimum absolute atomic E-state index is 0.332. The van der Waals surface area contributed by atoms with Gasteiger partial charge in [-0.2, -0.15) is 0 Å². The zero-order chi connectivity index (χ0) is 10.9. The summed E-state index contributed by atoms with van der Waals surface area (Å²) in [5, 5.41) is 7.05. The van der Waals surface area contributed by atoms with Crippen molar-refractivity contribution in [2.75, 3.05) is 6.54 Å². The van der Waals surface area contributed by atoms with Gasteiger partial charge in [-0.05, 0) is 24.5 Å². The summed E-state index contributed by atoms with van der Waals surface area (Å²) in [6.45, 7) is 7.93. The van der Waals surface area contributed by atoms with E-state index in [0.717, 1.165) is 6.54 Å². The monoisotopic (exact) mass is 206 g/mol. The molecule has 0 aliphatic carbocycles. The molecule has 1 unspecified atom stereocenters. The van der Waals surface area contributed by atoms with Gasteiger partial charge in [0.15, 0.2) is 0 Å². The first-order valence-corrected chi connectivity index (χ1v) is 6.04. The highest BCUT2D eigenvalue weighted by molar-refractivity contribution is 5.34. The summed E-state index contributed by atoms with van der Waals surface area (Å²) in [7, 11) is 0. The molecule has 2 N–H and O–H groups in total. The van der Waals surface area contributed by atoms with Crippen LogP contribution in [-0.4, -0.2) is 12.6 Å². The highest BCUT2D eigenvalue weighted by Crippen LogP contribution is 2.33. The van der Waals surface area contributed by atoms with Crippen LogP contribution in [0.1, 0.15) is 40.0 Å². The first kappa shape index (κ1) is 10.6. The first-order chi connectivity index (χ1) is 7.13. The Balaban J connectivity index is 2.04. The fourth-order valence-electron chi connectivity index (χ4n) is 2.36. The molecule has 0 aromatic rings. The van der Waals surface area contributed by atoms with E-state index in [9.17, 15) is 0 Å². The molecule has 0 spiro atoms. The topological polar surface area (TPSA) is 24.1 Å². The van der Waals surface area contributed by atoms with Crippen LogP contribution in [0.25, 0.3) is 0 Å². The lowest BCUT2D eigenvalue weighted by molar-refractivity contribution is 0.341. The summed E-state index contributed by atoms with van der Waals surface area (Å²) in [6, 6.07) is 0.489. The number of hydrogen-bond acceptors (Lipinski definition) is 2. The van der Waals surface area contributed by atoms with Gasteiger partial charge in [0.25, 0.3) is 0 Å². The van der Waals surface area contributed by atoms with E-state index in [2.05, 4.69) is 43.7 Å². The van der Waals surface area contributed by atoms with Crippen LogP contribution in [-0.2, 0) is 0 Å². The van der Waals surface area contributed by atoms with Crippen LogP contribution in [0.2, 0.25) is 0 Å². The van der Waals surface area contributed by atoms with Gasteiger partial charge < -0.3 is 10.6 Å². The van der Waals surface area contributed by atoms with Gasteiger partial charge in [-0.15, -0.1) is 0 Å². The smallest absolute Gasteiger partial charge is 0.0722 e. The minimum atomic E-state index is 0.332. The molecule has 0 bridgehead atoms. The number of dihydropyridines is 1. The number of rotatable bonds is 3. The Morgan fingerprint density at radius 2 is 2.27 bits per heavy atom. The molecule has 2 rings (SSSR count). The zero-order valence-corrected chi connectivity index (χ0v) is 10.1. The van der Waals surface area contributed by atoms with Crippen LogP contribution in [0.5, 0.6) is 0 Å². The fourth-order valence-corrected chi connectivity index (χ4v) is 2.36. The SMILES string of the molecule is CCCCC1=CNC2C(=C1)NCC2(C)C. The maximum atomic E-state index is 3.54. The highest BCUT2D eigenvalue weighted by atomic mass is 15.1. The van der Waals surface area contributed by atoms with Crippen molar-refractivity contribution >= 4 is 0 Å². The van der Waals surface area contributed by atoms with Gasteiger partial charge >= 0.3 is 0 Å². The van der Waals surface area contributed by atoms with Gasteiger partial charge in [-0.3, -0.25) is 0 Å². The van der Waals surface area contributed by atoms with Gasteiger partial charge in [0.05, 0.1) is 6.04 Å². The predicted molar refractivity (Wildman–Crippen MR) is 64.4 cm³/mol. The number of unbranched alkanes of at least 4 members (excludes halogenated alkanes) is 1. The van der Waals surface area contributed by atoms with E-state index >= 15 is 0 Å². The number of allylic oxidation sites excluding steroid dienone is 2. The molecular formula is C13H22N2. The lowest BCUT2D eigenvalue weighted by Gasteiger charge is -2.28. The number of nitrogens with one attached hydrogen (secondary N) is 2.